The van der Waals surface area contributed by atoms with Crippen molar-refractivity contribution >= 4 is 29.3 Å². The van der Waals surface area contributed by atoms with Crippen molar-refractivity contribution in [3.05, 3.63) is 30.3 Å². The van der Waals surface area contributed by atoms with E-state index in [-0.39, 0.29) is 17.9 Å². The summed E-state index contributed by atoms with van der Waals surface area (Å²) in [4.78, 5) is 28.5. The fourth-order valence-electron chi connectivity index (χ4n) is 3.37. The Hall–Kier alpha value is -1.73. The van der Waals surface area contributed by atoms with Crippen molar-refractivity contribution in [1.82, 2.24) is 15.5 Å². The van der Waals surface area contributed by atoms with Gasteiger partial charge in [0.2, 0.25) is 11.8 Å². The molecule has 7 heteroatoms. The van der Waals surface area contributed by atoms with Gasteiger partial charge in [-0.3, -0.25) is 9.59 Å². The average Bonchev–Trinajstić information content (AvgIpc) is 2.69. The third kappa shape index (κ3) is 5.64. The molecule has 0 spiro atoms. The molecule has 2 N–H and O–H groups in total. The van der Waals surface area contributed by atoms with E-state index in [4.69, 9.17) is 0 Å². The second-order valence-electron chi connectivity index (χ2n) is 6.73. The standard InChI is InChI=1S/C19H28N4O2S/c24-18(14-16-15-26-13-8-20-16)21-7-6-19(25)23-11-9-22(10-12-23)17-4-2-1-3-5-17/h1-5,16,20H,6-15H2,(H,21,24). The largest absolute Gasteiger partial charge is 0.368 e. The molecular weight excluding hydrogens is 348 g/mol. The molecular formula is C19H28N4O2S. The van der Waals surface area contributed by atoms with Gasteiger partial charge in [0.25, 0.3) is 0 Å². The summed E-state index contributed by atoms with van der Waals surface area (Å²) >= 11 is 1.88. The normalized spacial score (nSPS) is 20.7. The first-order chi connectivity index (χ1) is 12.7. The Bertz CT molecular complexity index is 584. The van der Waals surface area contributed by atoms with Gasteiger partial charge < -0.3 is 20.4 Å². The van der Waals surface area contributed by atoms with E-state index in [0.717, 1.165) is 44.2 Å². The van der Waals surface area contributed by atoms with Gasteiger partial charge in [-0.2, -0.15) is 11.8 Å². The zero-order valence-electron chi connectivity index (χ0n) is 15.2. The van der Waals surface area contributed by atoms with Crippen LogP contribution in [-0.2, 0) is 9.59 Å². The zero-order chi connectivity index (χ0) is 18.2. The summed E-state index contributed by atoms with van der Waals surface area (Å²) in [5, 5.41) is 6.25. The number of piperazine rings is 1. The van der Waals surface area contributed by atoms with Gasteiger partial charge in [-0.15, -0.1) is 0 Å². The van der Waals surface area contributed by atoms with Crippen molar-refractivity contribution in [2.24, 2.45) is 0 Å². The van der Waals surface area contributed by atoms with Crippen LogP contribution in [0.15, 0.2) is 30.3 Å². The highest BCUT2D eigenvalue weighted by Gasteiger charge is 2.21. The molecule has 0 saturated carbocycles. The van der Waals surface area contributed by atoms with Gasteiger partial charge in [0.1, 0.15) is 0 Å². The molecule has 1 aromatic carbocycles. The molecule has 2 aliphatic rings. The molecule has 2 saturated heterocycles. The summed E-state index contributed by atoms with van der Waals surface area (Å²) in [6.45, 7) is 4.59. The third-order valence-electron chi connectivity index (χ3n) is 4.84. The minimum absolute atomic E-state index is 0.0340. The molecule has 0 bridgehead atoms. The maximum Gasteiger partial charge on any atom is 0.224 e. The van der Waals surface area contributed by atoms with E-state index < -0.39 is 0 Å². The number of nitrogens with zero attached hydrogens (tertiary/aromatic N) is 2. The Balaban J connectivity index is 1.32. The number of anilines is 1. The number of hydrogen-bond acceptors (Lipinski definition) is 5. The fraction of sp³-hybridized carbons (Fsp3) is 0.579. The lowest BCUT2D eigenvalue weighted by Gasteiger charge is -2.36. The van der Waals surface area contributed by atoms with Crippen LogP contribution in [0, 0.1) is 0 Å². The molecule has 2 heterocycles. The third-order valence-corrected chi connectivity index (χ3v) is 5.98. The lowest BCUT2D eigenvalue weighted by molar-refractivity contribution is -0.131. The molecule has 1 atom stereocenters. The van der Waals surface area contributed by atoms with Crippen LogP contribution in [-0.4, -0.2) is 73.5 Å². The van der Waals surface area contributed by atoms with E-state index in [1.807, 2.05) is 34.9 Å². The smallest absolute Gasteiger partial charge is 0.224 e. The maximum absolute atomic E-state index is 12.4. The molecule has 0 radical (unpaired) electrons. The lowest BCUT2D eigenvalue weighted by atomic mass is 10.2. The monoisotopic (exact) mass is 376 g/mol. The van der Waals surface area contributed by atoms with Crippen molar-refractivity contribution in [2.45, 2.75) is 18.9 Å². The summed E-state index contributed by atoms with van der Waals surface area (Å²) in [5.41, 5.74) is 1.21. The Labute approximate surface area is 159 Å². The Morgan fingerprint density at radius 2 is 1.92 bits per heavy atom. The number of thioether (sulfide) groups is 1. The topological polar surface area (TPSA) is 64.7 Å². The van der Waals surface area contributed by atoms with Gasteiger partial charge in [-0.05, 0) is 12.1 Å². The van der Waals surface area contributed by atoms with Gasteiger partial charge in [0.05, 0.1) is 0 Å². The number of carbonyl (C=O) groups is 2. The van der Waals surface area contributed by atoms with Crippen molar-refractivity contribution in [3.63, 3.8) is 0 Å². The van der Waals surface area contributed by atoms with Crippen LogP contribution in [0.4, 0.5) is 5.69 Å². The number of amides is 2. The summed E-state index contributed by atoms with van der Waals surface area (Å²) in [6, 6.07) is 10.6. The van der Waals surface area contributed by atoms with E-state index in [9.17, 15) is 9.59 Å². The summed E-state index contributed by atoms with van der Waals surface area (Å²) < 4.78 is 0. The quantitative estimate of drug-likeness (QED) is 0.774. The minimum Gasteiger partial charge on any atom is -0.368 e. The van der Waals surface area contributed by atoms with E-state index in [0.29, 0.717) is 19.4 Å². The van der Waals surface area contributed by atoms with Crippen LogP contribution >= 0.6 is 11.8 Å². The van der Waals surface area contributed by atoms with Gasteiger partial charge in [-0.1, -0.05) is 18.2 Å². The van der Waals surface area contributed by atoms with E-state index in [1.165, 1.54) is 5.69 Å². The molecule has 26 heavy (non-hydrogen) atoms. The van der Waals surface area contributed by atoms with Crippen LogP contribution in [0.1, 0.15) is 12.8 Å². The molecule has 2 fully saturated rings. The molecule has 6 nitrogen and oxygen atoms in total. The number of hydrogen-bond donors (Lipinski definition) is 2. The summed E-state index contributed by atoms with van der Waals surface area (Å²) in [5.74, 6) is 2.26. The van der Waals surface area contributed by atoms with Gasteiger partial charge in [0.15, 0.2) is 0 Å². The second kappa shape index (κ2) is 9.83. The minimum atomic E-state index is 0.0340. The Morgan fingerprint density at radius 1 is 1.15 bits per heavy atom. The van der Waals surface area contributed by atoms with Crippen LogP contribution in [0.25, 0.3) is 0 Å². The molecule has 1 unspecified atom stereocenters. The fourth-order valence-corrected chi connectivity index (χ4v) is 4.32. The van der Waals surface area contributed by atoms with Crippen LogP contribution in [0.2, 0.25) is 0 Å². The summed E-state index contributed by atoms with van der Waals surface area (Å²) in [6.07, 6.45) is 0.876. The first kappa shape index (κ1) is 19.0. The predicted molar refractivity (Wildman–Crippen MR) is 107 cm³/mol. The molecule has 0 aromatic heterocycles. The molecule has 3 rings (SSSR count). The Morgan fingerprint density at radius 3 is 2.62 bits per heavy atom. The van der Waals surface area contributed by atoms with Crippen LogP contribution in [0.3, 0.4) is 0 Å². The van der Waals surface area contributed by atoms with Gasteiger partial charge >= 0.3 is 0 Å². The zero-order valence-corrected chi connectivity index (χ0v) is 16.0. The molecule has 2 amide bonds. The first-order valence-corrected chi connectivity index (χ1v) is 10.5. The highest BCUT2D eigenvalue weighted by Crippen LogP contribution is 2.15. The highest BCUT2D eigenvalue weighted by atomic mass is 32.2. The van der Waals surface area contributed by atoms with Gasteiger partial charge in [0, 0.05) is 75.3 Å². The van der Waals surface area contributed by atoms with Crippen LogP contribution < -0.4 is 15.5 Å². The van der Waals surface area contributed by atoms with Crippen molar-refractivity contribution in [1.29, 1.82) is 0 Å². The van der Waals surface area contributed by atoms with E-state index >= 15 is 0 Å². The maximum atomic E-state index is 12.4. The SMILES string of the molecule is O=C(CC1CSCCN1)NCCC(=O)N1CCN(c2ccccc2)CC1. The van der Waals surface area contributed by atoms with Crippen LogP contribution in [0.5, 0.6) is 0 Å². The molecule has 2 aliphatic heterocycles. The van der Waals surface area contributed by atoms with E-state index in [1.54, 1.807) is 0 Å². The van der Waals surface area contributed by atoms with E-state index in [2.05, 4.69) is 27.7 Å². The molecule has 142 valence electrons. The van der Waals surface area contributed by atoms with Gasteiger partial charge in [-0.25, -0.2) is 0 Å². The first-order valence-electron chi connectivity index (χ1n) is 9.38. The second-order valence-corrected chi connectivity index (χ2v) is 7.88. The number of carbonyl (C=O) groups excluding carboxylic acids is 2. The highest BCUT2D eigenvalue weighted by molar-refractivity contribution is 7.99. The number of para-hydroxylation sites is 1. The number of rotatable bonds is 6. The van der Waals surface area contributed by atoms with Crippen molar-refractivity contribution in [2.75, 3.05) is 55.7 Å². The lowest BCUT2D eigenvalue weighted by Crippen LogP contribution is -2.49. The summed E-state index contributed by atoms with van der Waals surface area (Å²) in [7, 11) is 0. The Kier molecular flexibility index (Phi) is 7.20. The number of nitrogens with one attached hydrogen (secondary N) is 2. The van der Waals surface area contributed by atoms with Crippen molar-refractivity contribution < 1.29 is 9.59 Å². The molecule has 0 aliphatic carbocycles. The predicted octanol–water partition coefficient (Wildman–Crippen LogP) is 0.937. The van der Waals surface area contributed by atoms with Crippen molar-refractivity contribution in [3.8, 4) is 0 Å². The molecule has 1 aromatic rings. The number of benzene rings is 1. The average molecular weight is 377 g/mol.